The fraction of sp³-hybridized carbons (Fsp3) is 0.375. The molecule has 0 radical (unpaired) electrons. The summed E-state index contributed by atoms with van der Waals surface area (Å²) < 4.78 is 26.8. The molecule has 37 heavy (non-hydrogen) atoms. The number of carbonyl (C=O) groups excluding carboxylic acids is 1. The van der Waals surface area contributed by atoms with E-state index in [1.165, 1.54) is 40.6 Å². The molecule has 2 atom stereocenters. The Labute approximate surface area is 245 Å². The Bertz CT molecular complexity index is 1290. The molecule has 0 saturated carbocycles. The van der Waals surface area contributed by atoms with Crippen molar-refractivity contribution in [3.63, 3.8) is 0 Å². The number of oxime groups is 2. The summed E-state index contributed by atoms with van der Waals surface area (Å²) in [7, 11) is 1.66. The van der Waals surface area contributed by atoms with Crippen LogP contribution in [0.3, 0.4) is 0 Å². The molecule has 2 aliphatic rings. The van der Waals surface area contributed by atoms with Gasteiger partial charge in [-0.2, -0.15) is 8.78 Å². The summed E-state index contributed by atoms with van der Waals surface area (Å²) in [5.41, 5.74) is 0.0584. The smallest absolute Gasteiger partial charge is 0.342 e. The number of hydrogen-bond acceptors (Lipinski definition) is 7. The molecule has 2 aromatic carbocycles. The maximum atomic E-state index is 15.1. The Balaban J connectivity index is 1.59. The Morgan fingerprint density at radius 3 is 2.41 bits per heavy atom. The van der Waals surface area contributed by atoms with Gasteiger partial charge in [0.2, 0.25) is 11.8 Å². The van der Waals surface area contributed by atoms with Crippen molar-refractivity contribution in [2.45, 2.75) is 40.4 Å². The van der Waals surface area contributed by atoms with Gasteiger partial charge in [0.25, 0.3) is 5.91 Å². The molecular weight excluding hydrogens is 678 g/mol. The summed E-state index contributed by atoms with van der Waals surface area (Å²) in [5.74, 6) is -0.234. The maximum absolute atomic E-state index is 15.1. The van der Waals surface area contributed by atoms with Gasteiger partial charge in [-0.05, 0) is 54.8 Å². The average Bonchev–Trinajstić information content (AvgIpc) is 3.51. The van der Waals surface area contributed by atoms with Crippen molar-refractivity contribution < 1.29 is 23.3 Å². The van der Waals surface area contributed by atoms with Crippen LogP contribution in [0.25, 0.3) is 0 Å². The third-order valence-electron chi connectivity index (χ3n) is 6.26. The summed E-state index contributed by atoms with van der Waals surface area (Å²) >= 11 is 16.5. The second-order valence-corrected chi connectivity index (χ2v) is 12.4. The predicted octanol–water partition coefficient (Wildman–Crippen LogP) is 7.57. The van der Waals surface area contributed by atoms with E-state index in [9.17, 15) is 4.79 Å². The second kappa shape index (κ2) is 11.1. The highest BCUT2D eigenvalue weighted by Crippen LogP contribution is 2.53. The Kier molecular flexibility index (Phi) is 8.59. The van der Waals surface area contributed by atoms with Crippen LogP contribution in [0.2, 0.25) is 10.0 Å². The van der Waals surface area contributed by atoms with Crippen LogP contribution in [-0.2, 0) is 15.3 Å². The highest BCUT2D eigenvalue weighted by molar-refractivity contribution is 14.1. The first-order chi connectivity index (χ1) is 17.4. The van der Waals surface area contributed by atoms with Crippen LogP contribution in [-0.4, -0.2) is 51.3 Å². The lowest BCUT2D eigenvalue weighted by Crippen LogP contribution is -2.41. The summed E-state index contributed by atoms with van der Waals surface area (Å²) in [4.78, 5) is 26.1. The van der Waals surface area contributed by atoms with Gasteiger partial charge in [-0.25, -0.2) is 0 Å². The van der Waals surface area contributed by atoms with Crippen molar-refractivity contribution in [3.05, 3.63) is 62.6 Å². The van der Waals surface area contributed by atoms with Crippen LogP contribution < -0.4 is 0 Å². The van der Waals surface area contributed by atoms with Crippen LogP contribution >= 0.6 is 69.3 Å². The van der Waals surface area contributed by atoms with Crippen molar-refractivity contribution in [2.24, 2.45) is 10.3 Å². The van der Waals surface area contributed by atoms with Crippen molar-refractivity contribution in [3.8, 4) is 0 Å². The number of aryl methyl sites for hydroxylation is 1. The lowest BCUT2D eigenvalue weighted by atomic mass is 9.87. The van der Waals surface area contributed by atoms with Crippen molar-refractivity contribution in [1.29, 1.82) is 0 Å². The van der Waals surface area contributed by atoms with Crippen LogP contribution in [0, 0.1) is 6.92 Å². The zero-order valence-electron chi connectivity index (χ0n) is 20.2. The van der Waals surface area contributed by atoms with Gasteiger partial charge in [0.15, 0.2) is 0 Å². The molecule has 0 aromatic heterocycles. The summed E-state index contributed by atoms with van der Waals surface area (Å²) in [5, 5.41) is 9.36. The molecular formula is C24H22Cl2F2IN3O3S2. The van der Waals surface area contributed by atoms with Gasteiger partial charge in [0.1, 0.15) is 5.04 Å². The Morgan fingerprint density at radius 2 is 1.86 bits per heavy atom. The lowest BCUT2D eigenvalue weighted by Gasteiger charge is -2.32. The number of thioether (sulfide) groups is 2. The number of hydrogen-bond donors (Lipinski definition) is 0. The number of halogens is 5. The van der Waals surface area contributed by atoms with Crippen LogP contribution in [0.4, 0.5) is 8.78 Å². The molecule has 1 unspecified atom stereocenters. The second-order valence-electron chi connectivity index (χ2n) is 8.50. The molecule has 2 aliphatic heterocycles. The standard InChI is InChI=1S/C24H22Cl2F2IN3O3S2/c1-12-7-13(5-6-15(12)22(33)32(2)20-10-19(36-3)31-34-20)18-11-23(35-30-18,24(27,28)29)14-8-16(25)21(37-4)17(26)9-14/h5-9,20H,10-11H2,1-4H3/t20?,23-/m0/s1. The first kappa shape index (κ1) is 28.7. The molecule has 0 saturated heterocycles. The maximum Gasteiger partial charge on any atom is 0.342 e. The molecule has 13 heteroatoms. The SMILES string of the molecule is CSC1=NOC(N(C)C(=O)c2ccc(C3=NO[C@@](c4cc(Cl)c(SC)c(Cl)c4)(C(F)(F)I)C3)cc2C)C1. The zero-order chi connectivity index (χ0) is 27.1. The molecule has 1 amide bonds. The monoisotopic (exact) mass is 699 g/mol. The molecule has 0 fully saturated rings. The molecule has 0 aliphatic carbocycles. The van der Waals surface area contributed by atoms with Crippen LogP contribution in [0.5, 0.6) is 0 Å². The fourth-order valence-corrected chi connectivity index (χ4v) is 6.61. The Hall–Kier alpha value is -1.28. The molecule has 6 nitrogen and oxygen atoms in total. The molecule has 2 heterocycles. The van der Waals surface area contributed by atoms with E-state index >= 15 is 8.78 Å². The molecule has 198 valence electrons. The highest BCUT2D eigenvalue weighted by atomic mass is 127. The van der Waals surface area contributed by atoms with Gasteiger partial charge >= 0.3 is 3.93 Å². The van der Waals surface area contributed by atoms with E-state index in [4.69, 9.17) is 32.9 Å². The van der Waals surface area contributed by atoms with Crippen LogP contribution in [0.15, 0.2) is 45.5 Å². The quantitative estimate of drug-likeness (QED) is 0.177. The van der Waals surface area contributed by atoms with Gasteiger partial charge in [0, 0.05) is 52.1 Å². The van der Waals surface area contributed by atoms with E-state index in [0.29, 0.717) is 33.7 Å². The van der Waals surface area contributed by atoms with E-state index in [1.54, 1.807) is 38.4 Å². The van der Waals surface area contributed by atoms with Crippen molar-refractivity contribution >= 4 is 86.0 Å². The highest BCUT2D eigenvalue weighted by Gasteiger charge is 2.60. The van der Waals surface area contributed by atoms with Gasteiger partial charge in [0.05, 0.1) is 22.2 Å². The summed E-state index contributed by atoms with van der Waals surface area (Å²) in [6.45, 7) is 1.78. The predicted molar refractivity (Wildman–Crippen MR) is 155 cm³/mol. The minimum atomic E-state index is -3.34. The number of carbonyl (C=O) groups is 1. The zero-order valence-corrected chi connectivity index (χ0v) is 25.5. The third kappa shape index (κ3) is 5.43. The molecule has 2 aromatic rings. The topological polar surface area (TPSA) is 63.5 Å². The molecule has 0 N–H and O–H groups in total. The summed E-state index contributed by atoms with van der Waals surface area (Å²) in [6, 6.07) is 7.96. The minimum absolute atomic E-state index is 0.131. The van der Waals surface area contributed by atoms with E-state index in [0.717, 1.165) is 27.6 Å². The Morgan fingerprint density at radius 1 is 1.19 bits per heavy atom. The third-order valence-corrected chi connectivity index (χ3v) is 9.51. The van der Waals surface area contributed by atoms with E-state index in [-0.39, 0.29) is 27.9 Å². The van der Waals surface area contributed by atoms with Crippen molar-refractivity contribution in [2.75, 3.05) is 19.6 Å². The average molecular weight is 700 g/mol. The van der Waals surface area contributed by atoms with Crippen molar-refractivity contribution in [1.82, 2.24) is 4.90 Å². The fourth-order valence-electron chi connectivity index (χ4n) is 4.12. The first-order valence-electron chi connectivity index (χ1n) is 10.9. The molecule has 4 rings (SSSR count). The number of rotatable bonds is 6. The van der Waals surface area contributed by atoms with E-state index in [2.05, 4.69) is 10.3 Å². The normalized spacial score (nSPS) is 21.3. The number of benzene rings is 2. The molecule has 0 bridgehead atoms. The van der Waals surface area contributed by atoms with E-state index < -0.39 is 15.8 Å². The van der Waals surface area contributed by atoms with Gasteiger partial charge in [-0.1, -0.05) is 39.6 Å². The number of amides is 1. The first-order valence-corrected chi connectivity index (χ1v) is 15.2. The largest absolute Gasteiger partial charge is 0.376 e. The van der Waals surface area contributed by atoms with Gasteiger partial charge in [-0.3, -0.25) is 4.79 Å². The van der Waals surface area contributed by atoms with E-state index in [1.807, 2.05) is 6.26 Å². The number of nitrogens with zero attached hydrogens (tertiary/aromatic N) is 3. The molecule has 0 spiro atoms. The van der Waals surface area contributed by atoms with Crippen LogP contribution in [0.1, 0.15) is 39.9 Å². The summed E-state index contributed by atoms with van der Waals surface area (Å²) in [6.07, 6.45) is 3.52. The minimum Gasteiger partial charge on any atom is -0.376 e. The lowest BCUT2D eigenvalue weighted by molar-refractivity contribution is -0.140. The number of alkyl halides is 3. The van der Waals surface area contributed by atoms with Gasteiger partial charge in [-0.15, -0.1) is 23.5 Å². The van der Waals surface area contributed by atoms with Gasteiger partial charge < -0.3 is 14.6 Å².